The highest BCUT2D eigenvalue weighted by atomic mass is 32.2. The number of hydrogen-bond acceptors (Lipinski definition) is 2. The third-order valence-corrected chi connectivity index (χ3v) is 4.71. The predicted molar refractivity (Wildman–Crippen MR) is 83.5 cm³/mol. The van der Waals surface area contributed by atoms with E-state index in [4.69, 9.17) is 0 Å². The van der Waals surface area contributed by atoms with Crippen molar-refractivity contribution in [2.75, 3.05) is 0 Å². The van der Waals surface area contributed by atoms with Crippen molar-refractivity contribution in [1.82, 2.24) is 0 Å². The predicted octanol–water partition coefficient (Wildman–Crippen LogP) is 5.32. The van der Waals surface area contributed by atoms with Gasteiger partial charge in [0, 0.05) is 0 Å². The number of halogens is 3. The van der Waals surface area contributed by atoms with Crippen molar-refractivity contribution in [3.63, 3.8) is 0 Å². The van der Waals surface area contributed by atoms with Crippen molar-refractivity contribution in [3.05, 3.63) is 28.3 Å². The summed E-state index contributed by atoms with van der Waals surface area (Å²) < 4.78 is 74.2. The molecule has 0 aliphatic rings. The second-order valence-electron chi connectivity index (χ2n) is 6.61. The Hall–Kier alpha value is -1.08. The molecule has 23 heavy (non-hydrogen) atoms. The van der Waals surface area contributed by atoms with Crippen LogP contribution in [0.5, 0.6) is 0 Å². The molecular formula is C16H23F3O3S. The van der Waals surface area contributed by atoms with Crippen molar-refractivity contribution in [1.29, 1.82) is 0 Å². The third-order valence-electron chi connectivity index (χ3n) is 3.74. The fraction of sp³-hybridized carbons (Fsp3) is 0.625. The molecule has 1 N–H and O–H groups in total. The van der Waals surface area contributed by atoms with E-state index in [-0.39, 0.29) is 22.6 Å². The zero-order valence-electron chi connectivity index (χ0n) is 14.1. The van der Waals surface area contributed by atoms with Crippen LogP contribution in [-0.2, 0) is 16.3 Å². The van der Waals surface area contributed by atoms with Gasteiger partial charge in [0.2, 0.25) is 0 Å². The molecule has 0 spiro atoms. The highest BCUT2D eigenvalue weighted by molar-refractivity contribution is 7.86. The van der Waals surface area contributed by atoms with Crippen molar-refractivity contribution in [2.24, 2.45) is 0 Å². The van der Waals surface area contributed by atoms with Gasteiger partial charge in [0.25, 0.3) is 10.1 Å². The van der Waals surface area contributed by atoms with Gasteiger partial charge in [-0.1, -0.05) is 47.6 Å². The van der Waals surface area contributed by atoms with E-state index < -0.39 is 38.6 Å². The van der Waals surface area contributed by atoms with Crippen LogP contribution < -0.4 is 0 Å². The number of hydrogen-bond donors (Lipinski definition) is 1. The summed E-state index contributed by atoms with van der Waals surface area (Å²) in [5.74, 6) is -1.49. The average molecular weight is 352 g/mol. The molecule has 1 aromatic carbocycles. The maximum Gasteiger partial charge on any atom is 0.417 e. The molecule has 0 unspecified atom stereocenters. The Kier molecular flexibility index (Phi) is 5.58. The number of benzene rings is 1. The molecular weight excluding hydrogens is 329 g/mol. The Morgan fingerprint density at radius 2 is 1.35 bits per heavy atom. The van der Waals surface area contributed by atoms with E-state index in [9.17, 15) is 26.1 Å². The molecule has 0 fully saturated rings. The summed E-state index contributed by atoms with van der Waals surface area (Å²) in [6.45, 7) is 9.62. The molecule has 0 atom stereocenters. The first-order chi connectivity index (χ1) is 10.2. The van der Waals surface area contributed by atoms with Gasteiger partial charge in [0.1, 0.15) is 4.90 Å². The van der Waals surface area contributed by atoms with Gasteiger partial charge in [0.15, 0.2) is 0 Å². The summed E-state index contributed by atoms with van der Waals surface area (Å²) in [4.78, 5) is -0.598. The van der Waals surface area contributed by atoms with Crippen LogP contribution in [0.1, 0.15) is 81.5 Å². The monoisotopic (exact) mass is 352 g/mol. The van der Waals surface area contributed by atoms with Gasteiger partial charge < -0.3 is 0 Å². The second-order valence-corrected chi connectivity index (χ2v) is 7.97. The third kappa shape index (κ3) is 4.07. The maximum atomic E-state index is 13.7. The average Bonchev–Trinajstić information content (AvgIpc) is 2.33. The van der Waals surface area contributed by atoms with Crippen molar-refractivity contribution in [2.45, 2.75) is 70.4 Å². The Bertz CT molecular complexity index is 688. The van der Waals surface area contributed by atoms with Gasteiger partial charge in [-0.05, 0) is 34.4 Å². The first-order valence-electron chi connectivity index (χ1n) is 7.44. The summed E-state index contributed by atoms with van der Waals surface area (Å²) >= 11 is 0. The summed E-state index contributed by atoms with van der Waals surface area (Å²) in [5, 5.41) is 0. The van der Waals surface area contributed by atoms with Crippen LogP contribution in [0.25, 0.3) is 0 Å². The van der Waals surface area contributed by atoms with Crippen LogP contribution in [0.2, 0.25) is 0 Å². The van der Waals surface area contributed by atoms with Gasteiger partial charge in [0.05, 0.1) is 5.56 Å². The minimum absolute atomic E-state index is 0.0531. The van der Waals surface area contributed by atoms with Gasteiger partial charge in [-0.15, -0.1) is 0 Å². The highest BCUT2D eigenvalue weighted by Gasteiger charge is 2.41. The minimum Gasteiger partial charge on any atom is -0.282 e. The summed E-state index contributed by atoms with van der Waals surface area (Å²) in [6, 6.07) is 1.27. The van der Waals surface area contributed by atoms with Crippen LogP contribution in [0.4, 0.5) is 13.2 Å². The van der Waals surface area contributed by atoms with Crippen LogP contribution >= 0.6 is 0 Å². The van der Waals surface area contributed by atoms with Gasteiger partial charge in [-0.25, -0.2) is 0 Å². The largest absolute Gasteiger partial charge is 0.417 e. The molecule has 0 bridgehead atoms. The molecule has 132 valence electrons. The molecule has 0 heterocycles. The molecule has 1 rings (SSSR count). The van der Waals surface area contributed by atoms with Crippen molar-refractivity contribution < 1.29 is 26.1 Å². The molecule has 0 aliphatic carbocycles. The quantitative estimate of drug-likeness (QED) is 0.746. The Morgan fingerprint density at radius 1 is 0.913 bits per heavy atom. The van der Waals surface area contributed by atoms with E-state index in [0.29, 0.717) is 0 Å². The molecule has 0 aliphatic heterocycles. The lowest BCUT2D eigenvalue weighted by Crippen LogP contribution is -2.21. The van der Waals surface area contributed by atoms with E-state index in [1.165, 1.54) is 19.9 Å². The zero-order valence-corrected chi connectivity index (χ0v) is 14.9. The minimum atomic E-state index is -4.78. The van der Waals surface area contributed by atoms with E-state index >= 15 is 0 Å². The summed E-state index contributed by atoms with van der Waals surface area (Å²) in [6.07, 6.45) is -4.70. The fourth-order valence-corrected chi connectivity index (χ4v) is 3.98. The Balaban J connectivity index is 4.19. The maximum absolute atomic E-state index is 13.7. The van der Waals surface area contributed by atoms with Crippen LogP contribution in [-0.4, -0.2) is 13.0 Å². The van der Waals surface area contributed by atoms with E-state index in [2.05, 4.69) is 0 Å². The normalized spacial score (nSPS) is 13.4. The SMILES string of the molecule is CC(C)c1cc(C(C)C)c(S(=O)(=O)O)c(C(C)C)c1C(F)(F)F. The fourth-order valence-electron chi connectivity index (χ4n) is 2.77. The number of alkyl halides is 3. The molecule has 0 amide bonds. The molecule has 3 nitrogen and oxygen atoms in total. The highest BCUT2D eigenvalue weighted by Crippen LogP contribution is 2.45. The van der Waals surface area contributed by atoms with Crippen LogP contribution in [0.3, 0.4) is 0 Å². The lowest BCUT2D eigenvalue weighted by atomic mass is 9.84. The zero-order chi connectivity index (χ0) is 18.3. The molecule has 0 aromatic heterocycles. The summed E-state index contributed by atoms with van der Waals surface area (Å²) in [7, 11) is -4.78. The molecule has 0 radical (unpaired) electrons. The first-order valence-corrected chi connectivity index (χ1v) is 8.88. The van der Waals surface area contributed by atoms with Gasteiger partial charge in [-0.3, -0.25) is 4.55 Å². The van der Waals surface area contributed by atoms with Crippen LogP contribution in [0, 0.1) is 0 Å². The second kappa shape index (κ2) is 6.43. The van der Waals surface area contributed by atoms with Crippen LogP contribution in [0.15, 0.2) is 11.0 Å². The van der Waals surface area contributed by atoms with Gasteiger partial charge >= 0.3 is 6.18 Å². The van der Waals surface area contributed by atoms with Gasteiger partial charge in [-0.2, -0.15) is 21.6 Å². The van der Waals surface area contributed by atoms with Crippen molar-refractivity contribution in [3.8, 4) is 0 Å². The molecule has 0 saturated carbocycles. The lowest BCUT2D eigenvalue weighted by Gasteiger charge is -2.27. The molecule has 0 saturated heterocycles. The standard InChI is InChI=1S/C16H23F3O3S/c1-8(2)11-7-12(9(3)4)15(23(20,21)22)13(10(5)6)14(11)16(17,18)19/h7-10H,1-6H3,(H,20,21,22). The smallest absolute Gasteiger partial charge is 0.282 e. The first kappa shape index (κ1) is 20.0. The summed E-state index contributed by atoms with van der Waals surface area (Å²) in [5.41, 5.74) is -1.03. The molecule has 1 aromatic rings. The van der Waals surface area contributed by atoms with E-state index in [0.717, 1.165) is 0 Å². The van der Waals surface area contributed by atoms with E-state index in [1.807, 2.05) is 0 Å². The Labute approximate surface area is 135 Å². The molecule has 7 heteroatoms. The van der Waals surface area contributed by atoms with E-state index in [1.54, 1.807) is 27.7 Å². The number of rotatable bonds is 4. The lowest BCUT2D eigenvalue weighted by molar-refractivity contribution is -0.139. The topological polar surface area (TPSA) is 54.4 Å². The Morgan fingerprint density at radius 3 is 1.61 bits per heavy atom. The van der Waals surface area contributed by atoms with Crippen molar-refractivity contribution >= 4 is 10.1 Å².